The molecule has 0 saturated heterocycles. The van der Waals surface area contributed by atoms with E-state index in [1.807, 2.05) is 36.1 Å². The number of nitrogens with zero attached hydrogens (tertiary/aromatic N) is 2. The van der Waals surface area contributed by atoms with Crippen LogP contribution in [0.15, 0.2) is 28.9 Å². The van der Waals surface area contributed by atoms with Crippen LogP contribution in [0.25, 0.3) is 0 Å². The summed E-state index contributed by atoms with van der Waals surface area (Å²) in [5.41, 5.74) is 0.250. The Hall–Kier alpha value is -1.51. The number of nitrogens with one attached hydrogen (secondary N) is 1. The number of pyridine rings is 1. The first kappa shape index (κ1) is 12.9. The summed E-state index contributed by atoms with van der Waals surface area (Å²) in [4.78, 5) is 0. The molecule has 0 saturated carbocycles. The number of rotatable bonds is 3. The predicted octanol–water partition coefficient (Wildman–Crippen LogP) is 1.68. The molecule has 0 spiro atoms. The van der Waals surface area contributed by atoms with Crippen molar-refractivity contribution < 1.29 is 9.30 Å². The first-order valence-electron chi connectivity index (χ1n) is 5.86. The van der Waals surface area contributed by atoms with E-state index in [0.29, 0.717) is 0 Å². The van der Waals surface area contributed by atoms with Gasteiger partial charge < -0.3 is 4.74 Å². The van der Waals surface area contributed by atoms with Gasteiger partial charge in [0.25, 0.3) is 0 Å². The van der Waals surface area contributed by atoms with E-state index in [1.54, 1.807) is 6.21 Å². The summed E-state index contributed by atoms with van der Waals surface area (Å²) in [6.07, 6.45) is 10.3. The third-order valence-corrected chi connectivity index (χ3v) is 3.16. The van der Waals surface area contributed by atoms with Gasteiger partial charge in [0.05, 0.1) is 18.3 Å². The second-order valence-corrected chi connectivity index (χ2v) is 4.64. The van der Waals surface area contributed by atoms with Gasteiger partial charge in [0.15, 0.2) is 12.4 Å². The van der Waals surface area contributed by atoms with Crippen molar-refractivity contribution in [3.8, 4) is 12.0 Å². The number of aryl methyl sites for hydroxylation is 1. The molecule has 1 aliphatic heterocycles. The number of aromatic nitrogens is 1. The van der Waals surface area contributed by atoms with Gasteiger partial charge >= 0.3 is 0 Å². The van der Waals surface area contributed by atoms with E-state index in [2.05, 4.69) is 28.1 Å². The monoisotopic (exact) mass is 262 g/mol. The largest absolute Gasteiger partial charge is 0.412 e. The lowest BCUT2D eigenvalue weighted by Gasteiger charge is -2.22. The van der Waals surface area contributed by atoms with Crippen molar-refractivity contribution in [2.45, 2.75) is 25.5 Å². The van der Waals surface area contributed by atoms with Gasteiger partial charge in [-0.15, -0.1) is 0 Å². The number of ether oxygens (including phenoxy) is 1. The van der Waals surface area contributed by atoms with Gasteiger partial charge in [-0.05, 0) is 6.42 Å². The van der Waals surface area contributed by atoms with E-state index < -0.39 is 5.72 Å². The minimum absolute atomic E-state index is 0.736. The molecule has 0 bridgehead atoms. The Morgan fingerprint density at radius 1 is 1.50 bits per heavy atom. The molecule has 0 amide bonds. The summed E-state index contributed by atoms with van der Waals surface area (Å²) in [6.45, 7) is 2.09. The van der Waals surface area contributed by atoms with E-state index in [-0.39, 0.29) is 0 Å². The number of unbranched alkanes of at least 4 members (excludes halogenated alkanes) is 1. The van der Waals surface area contributed by atoms with E-state index in [4.69, 9.17) is 4.74 Å². The summed E-state index contributed by atoms with van der Waals surface area (Å²) in [5, 5.41) is 0. The molecule has 2 heterocycles. The highest BCUT2D eigenvalue weighted by Gasteiger charge is 2.36. The average molecular weight is 262 g/mol. The SMILES string of the molecule is CCCC#COC1(c2cc[n+](C)cc2)C=NSN1. The molecular formula is C13H16N3OS+. The zero-order valence-corrected chi connectivity index (χ0v) is 11.3. The maximum atomic E-state index is 5.67. The molecule has 94 valence electrons. The Bertz CT molecular complexity index is 489. The van der Waals surface area contributed by atoms with E-state index in [9.17, 15) is 0 Å². The van der Waals surface area contributed by atoms with Crippen molar-refractivity contribution in [1.29, 1.82) is 0 Å². The maximum Gasteiger partial charge on any atom is 0.245 e. The van der Waals surface area contributed by atoms with Crippen LogP contribution in [-0.4, -0.2) is 6.21 Å². The van der Waals surface area contributed by atoms with Crippen LogP contribution < -0.4 is 9.29 Å². The van der Waals surface area contributed by atoms with Gasteiger partial charge in [0.2, 0.25) is 5.72 Å². The predicted molar refractivity (Wildman–Crippen MR) is 72.3 cm³/mol. The third-order valence-electron chi connectivity index (χ3n) is 2.55. The van der Waals surface area contributed by atoms with Gasteiger partial charge in [0.1, 0.15) is 13.2 Å². The molecule has 0 aliphatic carbocycles. The Morgan fingerprint density at radius 3 is 2.89 bits per heavy atom. The fraction of sp³-hybridized carbons (Fsp3) is 0.385. The Morgan fingerprint density at radius 2 is 2.28 bits per heavy atom. The molecule has 1 aromatic rings. The first-order valence-corrected chi connectivity index (χ1v) is 6.63. The van der Waals surface area contributed by atoms with Crippen molar-refractivity contribution in [2.24, 2.45) is 11.4 Å². The lowest BCUT2D eigenvalue weighted by atomic mass is 10.1. The van der Waals surface area contributed by atoms with Crippen molar-refractivity contribution in [1.82, 2.24) is 4.72 Å². The summed E-state index contributed by atoms with van der Waals surface area (Å²) in [5.74, 6) is 2.98. The van der Waals surface area contributed by atoms with E-state index >= 15 is 0 Å². The summed E-state index contributed by atoms with van der Waals surface area (Å²) in [6, 6.07) is 3.98. The molecule has 2 rings (SSSR count). The number of hydrogen-bond donors (Lipinski definition) is 1. The van der Waals surface area contributed by atoms with Crippen LogP contribution in [0.4, 0.5) is 0 Å². The highest BCUT2D eigenvalue weighted by molar-refractivity contribution is 7.96. The fourth-order valence-electron chi connectivity index (χ4n) is 1.50. The lowest BCUT2D eigenvalue weighted by Crippen LogP contribution is -2.39. The van der Waals surface area contributed by atoms with Gasteiger partial charge in [-0.2, -0.15) is 4.72 Å². The molecule has 1 N–H and O–H groups in total. The molecule has 0 aromatic carbocycles. The van der Waals surface area contributed by atoms with Crippen LogP contribution in [0.2, 0.25) is 0 Å². The van der Waals surface area contributed by atoms with E-state index in [0.717, 1.165) is 18.4 Å². The standard InChI is InChI=1S/C13H16N3OS/c1-3-4-5-10-17-13(11-14-18-15-13)12-6-8-16(2)9-7-12/h6-9,11,15H,3-4H2,1-2H3/q+1. The molecule has 5 heteroatoms. The normalized spacial score (nSPS) is 21.4. The summed E-state index contributed by atoms with van der Waals surface area (Å²) in [7, 11) is 1.98. The molecule has 0 radical (unpaired) electrons. The maximum absolute atomic E-state index is 5.67. The molecule has 1 unspecified atom stereocenters. The van der Waals surface area contributed by atoms with Crippen LogP contribution in [0.1, 0.15) is 25.3 Å². The zero-order chi connectivity index (χ0) is 12.8. The van der Waals surface area contributed by atoms with Crippen molar-refractivity contribution in [3.63, 3.8) is 0 Å². The average Bonchev–Trinajstić information content (AvgIpc) is 2.85. The lowest BCUT2D eigenvalue weighted by molar-refractivity contribution is -0.671. The van der Waals surface area contributed by atoms with Gasteiger partial charge in [-0.1, -0.05) is 12.8 Å². The van der Waals surface area contributed by atoms with Crippen LogP contribution in [0.5, 0.6) is 0 Å². The Balaban J connectivity index is 2.20. The molecule has 1 aliphatic rings. The Kier molecular flexibility index (Phi) is 4.24. The molecule has 18 heavy (non-hydrogen) atoms. The van der Waals surface area contributed by atoms with Crippen LogP contribution in [0, 0.1) is 12.0 Å². The van der Waals surface area contributed by atoms with Gasteiger partial charge in [-0.25, -0.2) is 8.96 Å². The third kappa shape index (κ3) is 2.84. The van der Waals surface area contributed by atoms with Crippen molar-refractivity contribution >= 4 is 18.3 Å². The molecule has 1 atom stereocenters. The number of hydrogen-bond acceptors (Lipinski definition) is 4. The van der Waals surface area contributed by atoms with E-state index in [1.165, 1.54) is 12.1 Å². The molecule has 4 nitrogen and oxygen atoms in total. The zero-order valence-electron chi connectivity index (χ0n) is 10.5. The van der Waals surface area contributed by atoms with Crippen molar-refractivity contribution in [3.05, 3.63) is 30.1 Å². The van der Waals surface area contributed by atoms with Gasteiger partial charge in [-0.3, -0.25) is 0 Å². The topological polar surface area (TPSA) is 37.5 Å². The van der Waals surface area contributed by atoms with Gasteiger partial charge in [0, 0.05) is 24.1 Å². The highest BCUT2D eigenvalue weighted by Crippen LogP contribution is 2.27. The minimum Gasteiger partial charge on any atom is -0.412 e. The quantitative estimate of drug-likeness (QED) is 0.511. The Labute approximate surface area is 112 Å². The van der Waals surface area contributed by atoms with Crippen molar-refractivity contribution in [2.75, 3.05) is 0 Å². The molecular weight excluding hydrogens is 246 g/mol. The second-order valence-electron chi connectivity index (χ2n) is 4.05. The minimum atomic E-state index is -0.736. The summed E-state index contributed by atoms with van der Waals surface area (Å²) >= 11 is 1.26. The first-order chi connectivity index (χ1) is 8.77. The second kappa shape index (κ2) is 5.89. The summed E-state index contributed by atoms with van der Waals surface area (Å²) < 4.78 is 14.9. The molecule has 0 fully saturated rings. The molecule has 1 aromatic heterocycles. The highest BCUT2D eigenvalue weighted by atomic mass is 32.2. The van der Waals surface area contributed by atoms with Crippen LogP contribution in [-0.2, 0) is 17.5 Å². The van der Waals surface area contributed by atoms with Crippen LogP contribution in [0.3, 0.4) is 0 Å². The fourth-order valence-corrected chi connectivity index (χ4v) is 2.10. The van der Waals surface area contributed by atoms with Crippen LogP contribution >= 0.6 is 12.1 Å². The smallest absolute Gasteiger partial charge is 0.245 e.